The van der Waals surface area contributed by atoms with Crippen LogP contribution in [0.15, 0.2) is 23.4 Å². The van der Waals surface area contributed by atoms with Crippen LogP contribution in [0, 0.1) is 0 Å². The van der Waals surface area contributed by atoms with Gasteiger partial charge in [-0.2, -0.15) is 0 Å². The summed E-state index contributed by atoms with van der Waals surface area (Å²) < 4.78 is 0. The molecule has 0 radical (unpaired) electrons. The van der Waals surface area contributed by atoms with Crippen LogP contribution in [0.3, 0.4) is 0 Å². The second-order valence-electron chi connectivity index (χ2n) is 2.43. The Morgan fingerprint density at radius 2 is 2.31 bits per heavy atom. The highest BCUT2D eigenvalue weighted by atomic mass is 35.5. The lowest BCUT2D eigenvalue weighted by molar-refractivity contribution is 0.223. The number of halogens is 2. The molecule has 0 amide bonds. The molecule has 5 heteroatoms. The van der Waals surface area contributed by atoms with Crippen LogP contribution in [-0.2, 0) is 0 Å². The lowest BCUT2D eigenvalue weighted by atomic mass is 10.5. The molecular weight excluding hydrogens is 229 g/mol. The number of aromatic nitrogens is 1. The van der Waals surface area contributed by atoms with Crippen LogP contribution in [0.4, 0.5) is 0 Å². The summed E-state index contributed by atoms with van der Waals surface area (Å²) in [7, 11) is 0. The van der Waals surface area contributed by atoms with Crippen LogP contribution in [0.5, 0.6) is 0 Å². The molecule has 0 aromatic carbocycles. The Morgan fingerprint density at radius 1 is 1.54 bits per heavy atom. The number of nitrogens with zero attached hydrogens (tertiary/aromatic N) is 1. The number of aliphatic hydroxyl groups is 1. The van der Waals surface area contributed by atoms with Crippen LogP contribution in [0.1, 0.15) is 0 Å². The van der Waals surface area contributed by atoms with Crippen molar-refractivity contribution in [1.29, 1.82) is 0 Å². The Balaban J connectivity index is 2.41. The molecule has 13 heavy (non-hydrogen) atoms. The molecule has 0 spiro atoms. The van der Waals surface area contributed by atoms with Crippen molar-refractivity contribution in [3.8, 4) is 0 Å². The summed E-state index contributed by atoms with van der Waals surface area (Å²) in [4.78, 5) is 4.06. The minimum absolute atomic E-state index is 0.251. The third-order valence-corrected chi connectivity index (χ3v) is 2.97. The van der Waals surface area contributed by atoms with Gasteiger partial charge in [-0.25, -0.2) is 4.98 Å². The van der Waals surface area contributed by atoms with Crippen molar-refractivity contribution in [3.05, 3.63) is 23.4 Å². The molecule has 72 valence electrons. The van der Waals surface area contributed by atoms with Crippen LogP contribution >= 0.6 is 35.0 Å². The van der Waals surface area contributed by atoms with Gasteiger partial charge < -0.3 is 5.11 Å². The van der Waals surface area contributed by atoms with E-state index in [2.05, 4.69) is 4.98 Å². The Morgan fingerprint density at radius 3 is 2.85 bits per heavy atom. The van der Waals surface area contributed by atoms with Gasteiger partial charge in [0.1, 0.15) is 0 Å². The van der Waals surface area contributed by atoms with Gasteiger partial charge in [0.2, 0.25) is 0 Å². The first-order valence-electron chi connectivity index (χ1n) is 3.70. The number of hydrogen-bond acceptors (Lipinski definition) is 3. The highest BCUT2D eigenvalue weighted by Gasteiger charge is 2.03. The third kappa shape index (κ3) is 4.18. The second kappa shape index (κ2) is 5.70. The van der Waals surface area contributed by atoms with Crippen molar-refractivity contribution >= 4 is 35.0 Å². The molecule has 1 aromatic heterocycles. The molecule has 0 fully saturated rings. The number of aliphatic hydroxyl groups excluding tert-OH is 1. The van der Waals surface area contributed by atoms with E-state index >= 15 is 0 Å². The van der Waals surface area contributed by atoms with E-state index in [0.29, 0.717) is 10.8 Å². The largest absolute Gasteiger partial charge is 0.391 e. The maximum Gasteiger partial charge on any atom is 0.0961 e. The molecule has 1 N–H and O–H groups in total. The van der Waals surface area contributed by atoms with Crippen LogP contribution in [-0.4, -0.2) is 27.8 Å². The molecule has 1 unspecified atom stereocenters. The first-order chi connectivity index (χ1) is 6.22. The van der Waals surface area contributed by atoms with Gasteiger partial charge in [-0.05, 0) is 12.1 Å². The van der Waals surface area contributed by atoms with Crippen molar-refractivity contribution < 1.29 is 5.11 Å². The average molecular weight is 238 g/mol. The number of rotatable bonds is 4. The average Bonchev–Trinajstić information content (AvgIpc) is 2.16. The summed E-state index contributed by atoms with van der Waals surface area (Å²) >= 11 is 12.6. The van der Waals surface area contributed by atoms with Gasteiger partial charge in [-0.1, -0.05) is 11.6 Å². The van der Waals surface area contributed by atoms with E-state index in [1.165, 1.54) is 11.8 Å². The molecule has 0 aliphatic heterocycles. The molecule has 2 nitrogen and oxygen atoms in total. The number of pyridine rings is 1. The lowest BCUT2D eigenvalue weighted by Crippen LogP contribution is -2.11. The maximum absolute atomic E-state index is 9.17. The molecule has 0 saturated heterocycles. The van der Waals surface area contributed by atoms with Crippen LogP contribution in [0.25, 0.3) is 0 Å². The van der Waals surface area contributed by atoms with Gasteiger partial charge in [0, 0.05) is 17.8 Å². The summed E-state index contributed by atoms with van der Waals surface area (Å²) in [5.41, 5.74) is 0. The quantitative estimate of drug-likeness (QED) is 0.646. The first-order valence-corrected chi connectivity index (χ1v) is 5.60. The molecule has 0 saturated carbocycles. The Hall–Kier alpha value is 0.0400. The SMILES string of the molecule is OC(CCl)CSc1ccc(Cl)cn1. The van der Waals surface area contributed by atoms with Crippen LogP contribution in [0.2, 0.25) is 5.02 Å². The fraction of sp³-hybridized carbons (Fsp3) is 0.375. The Kier molecular flexibility index (Phi) is 4.88. The normalized spacial score (nSPS) is 12.8. The minimum atomic E-state index is -0.482. The zero-order chi connectivity index (χ0) is 9.68. The first kappa shape index (κ1) is 11.1. The summed E-state index contributed by atoms with van der Waals surface area (Å²) in [5.74, 6) is 0.804. The standard InChI is InChI=1S/C8H9Cl2NOS/c9-3-7(12)5-13-8-2-1-6(10)4-11-8/h1-2,4,7,12H,3,5H2. The maximum atomic E-state index is 9.17. The minimum Gasteiger partial charge on any atom is -0.391 e. The van der Waals surface area contributed by atoms with Crippen LogP contribution < -0.4 is 0 Å². The topological polar surface area (TPSA) is 33.1 Å². The number of thioether (sulfide) groups is 1. The van der Waals surface area contributed by atoms with E-state index in [-0.39, 0.29) is 5.88 Å². The van der Waals surface area contributed by atoms with E-state index < -0.39 is 6.10 Å². The molecule has 0 aliphatic carbocycles. The lowest BCUT2D eigenvalue weighted by Gasteiger charge is -2.04. The highest BCUT2D eigenvalue weighted by molar-refractivity contribution is 7.99. The molecule has 0 aliphatic rings. The number of hydrogen-bond donors (Lipinski definition) is 1. The molecule has 1 heterocycles. The Bertz CT molecular complexity index is 255. The van der Waals surface area contributed by atoms with E-state index in [1.807, 2.05) is 6.07 Å². The van der Waals surface area contributed by atoms with Gasteiger partial charge in [-0.15, -0.1) is 23.4 Å². The zero-order valence-corrected chi connectivity index (χ0v) is 9.11. The molecule has 1 rings (SSSR count). The fourth-order valence-corrected chi connectivity index (χ4v) is 1.80. The highest BCUT2D eigenvalue weighted by Crippen LogP contribution is 2.18. The number of alkyl halides is 1. The third-order valence-electron chi connectivity index (χ3n) is 1.30. The molecule has 0 bridgehead atoms. The monoisotopic (exact) mass is 237 g/mol. The summed E-state index contributed by atoms with van der Waals surface area (Å²) in [6.07, 6.45) is 1.10. The van der Waals surface area contributed by atoms with Gasteiger partial charge in [-0.3, -0.25) is 0 Å². The predicted octanol–water partition coefficient (Wildman–Crippen LogP) is 2.43. The van der Waals surface area contributed by atoms with E-state index in [4.69, 9.17) is 28.3 Å². The van der Waals surface area contributed by atoms with E-state index in [9.17, 15) is 0 Å². The van der Waals surface area contributed by atoms with E-state index in [1.54, 1.807) is 12.3 Å². The summed E-state index contributed by atoms with van der Waals surface area (Å²) in [5, 5.41) is 10.6. The summed E-state index contributed by atoms with van der Waals surface area (Å²) in [6.45, 7) is 0. The second-order valence-corrected chi connectivity index (χ2v) is 4.22. The zero-order valence-electron chi connectivity index (χ0n) is 6.78. The molecule has 1 aromatic rings. The van der Waals surface area contributed by atoms with Crippen molar-refractivity contribution in [2.45, 2.75) is 11.1 Å². The smallest absolute Gasteiger partial charge is 0.0961 e. The van der Waals surface area contributed by atoms with Gasteiger partial charge in [0.25, 0.3) is 0 Å². The summed E-state index contributed by atoms with van der Waals surface area (Å²) in [6, 6.07) is 3.58. The van der Waals surface area contributed by atoms with Gasteiger partial charge in [0.15, 0.2) is 0 Å². The van der Waals surface area contributed by atoms with Crippen molar-refractivity contribution in [1.82, 2.24) is 4.98 Å². The Labute approximate surface area is 91.3 Å². The fourth-order valence-electron chi connectivity index (χ4n) is 0.674. The molecular formula is C8H9Cl2NOS. The molecule has 1 atom stereocenters. The van der Waals surface area contributed by atoms with Gasteiger partial charge in [0.05, 0.1) is 16.2 Å². The van der Waals surface area contributed by atoms with E-state index in [0.717, 1.165) is 5.03 Å². The van der Waals surface area contributed by atoms with Gasteiger partial charge >= 0.3 is 0 Å². The van der Waals surface area contributed by atoms with Crippen molar-refractivity contribution in [2.75, 3.05) is 11.6 Å². The van der Waals surface area contributed by atoms with Crippen molar-refractivity contribution in [2.24, 2.45) is 0 Å². The van der Waals surface area contributed by atoms with Crippen molar-refractivity contribution in [3.63, 3.8) is 0 Å². The predicted molar refractivity (Wildman–Crippen MR) is 56.7 cm³/mol.